The van der Waals surface area contributed by atoms with E-state index in [0.29, 0.717) is 37.3 Å². The molecule has 0 atom stereocenters. The minimum absolute atomic E-state index is 0.0404. The molecular weight excluding hydrogens is 439 g/mol. The first-order valence-electron chi connectivity index (χ1n) is 8.17. The highest BCUT2D eigenvalue weighted by molar-refractivity contribution is 8.26. The van der Waals surface area contributed by atoms with Crippen molar-refractivity contribution in [1.82, 2.24) is 5.32 Å². The van der Waals surface area contributed by atoms with Crippen LogP contribution in [0.25, 0.3) is 6.08 Å². The number of ether oxygens (including phenoxy) is 1. The van der Waals surface area contributed by atoms with Gasteiger partial charge in [0.25, 0.3) is 11.8 Å². The second-order valence-corrected chi connectivity index (χ2v) is 8.63. The highest BCUT2D eigenvalue weighted by Crippen LogP contribution is 2.36. The fourth-order valence-corrected chi connectivity index (χ4v) is 4.24. The van der Waals surface area contributed by atoms with E-state index in [4.69, 9.17) is 40.2 Å². The van der Waals surface area contributed by atoms with Crippen LogP contribution in [-0.2, 0) is 16.1 Å². The van der Waals surface area contributed by atoms with Crippen LogP contribution in [0.4, 0.5) is 5.69 Å². The molecule has 2 aliphatic heterocycles. The Morgan fingerprint density at radius 3 is 2.71 bits per heavy atom. The molecule has 0 unspecified atom stereocenters. The number of nitrogens with zero attached hydrogens (tertiary/aromatic N) is 1. The van der Waals surface area contributed by atoms with E-state index < -0.39 is 0 Å². The SMILES string of the molecule is O=C1NC(=S)S/C1=C/c1ccc2c(c1)N(Cc1ccc(Cl)c(Cl)c1)C(=O)CO2. The predicted octanol–water partition coefficient (Wildman–Crippen LogP) is 4.41. The van der Waals surface area contributed by atoms with Crippen LogP contribution in [-0.4, -0.2) is 22.7 Å². The fraction of sp³-hybridized carbons (Fsp3) is 0.105. The van der Waals surface area contributed by atoms with Crippen molar-refractivity contribution < 1.29 is 14.3 Å². The molecule has 2 aromatic carbocycles. The fourth-order valence-electron chi connectivity index (χ4n) is 2.88. The lowest BCUT2D eigenvalue weighted by atomic mass is 10.1. The molecule has 0 saturated carbocycles. The molecule has 5 nitrogen and oxygen atoms in total. The van der Waals surface area contributed by atoms with Gasteiger partial charge >= 0.3 is 0 Å². The third-order valence-electron chi connectivity index (χ3n) is 4.19. The van der Waals surface area contributed by atoms with Gasteiger partial charge in [-0.15, -0.1) is 0 Å². The summed E-state index contributed by atoms with van der Waals surface area (Å²) in [7, 11) is 0. The van der Waals surface area contributed by atoms with E-state index in [0.717, 1.165) is 11.1 Å². The number of fused-ring (bicyclic) bond motifs is 1. The van der Waals surface area contributed by atoms with Crippen molar-refractivity contribution in [3.8, 4) is 5.75 Å². The zero-order valence-electron chi connectivity index (χ0n) is 14.2. The molecule has 0 radical (unpaired) electrons. The normalized spacial score (nSPS) is 17.6. The van der Waals surface area contributed by atoms with E-state index in [9.17, 15) is 9.59 Å². The Morgan fingerprint density at radius 1 is 1.18 bits per heavy atom. The summed E-state index contributed by atoms with van der Waals surface area (Å²) in [4.78, 5) is 26.5. The number of amides is 2. The number of carbonyl (C=O) groups excluding carboxylic acids is 2. The van der Waals surface area contributed by atoms with Gasteiger partial charge in [0.2, 0.25) is 0 Å². The van der Waals surface area contributed by atoms with E-state index in [1.165, 1.54) is 11.8 Å². The number of carbonyl (C=O) groups is 2. The van der Waals surface area contributed by atoms with Gasteiger partial charge in [-0.1, -0.05) is 59.3 Å². The number of thioether (sulfide) groups is 1. The Morgan fingerprint density at radius 2 is 2.00 bits per heavy atom. The van der Waals surface area contributed by atoms with Gasteiger partial charge in [-0.3, -0.25) is 9.59 Å². The molecule has 142 valence electrons. The Labute approximate surface area is 180 Å². The third-order valence-corrected chi connectivity index (χ3v) is 6.09. The van der Waals surface area contributed by atoms with Crippen molar-refractivity contribution in [2.75, 3.05) is 11.5 Å². The number of benzene rings is 2. The van der Waals surface area contributed by atoms with Gasteiger partial charge in [0, 0.05) is 0 Å². The van der Waals surface area contributed by atoms with Crippen LogP contribution in [0.3, 0.4) is 0 Å². The first-order valence-corrected chi connectivity index (χ1v) is 10.1. The number of rotatable bonds is 3. The van der Waals surface area contributed by atoms with Crippen LogP contribution >= 0.6 is 47.2 Å². The van der Waals surface area contributed by atoms with Gasteiger partial charge < -0.3 is 15.0 Å². The van der Waals surface area contributed by atoms with Gasteiger partial charge in [0.1, 0.15) is 10.1 Å². The monoisotopic (exact) mass is 450 g/mol. The molecule has 0 bridgehead atoms. The topological polar surface area (TPSA) is 58.6 Å². The molecule has 0 spiro atoms. The number of hydrogen-bond donors (Lipinski definition) is 1. The molecule has 0 aromatic heterocycles. The highest BCUT2D eigenvalue weighted by Gasteiger charge is 2.27. The number of nitrogens with one attached hydrogen (secondary N) is 1. The Balaban J connectivity index is 1.68. The van der Waals surface area contributed by atoms with Gasteiger partial charge in [0.05, 0.1) is 27.2 Å². The maximum Gasteiger partial charge on any atom is 0.265 e. The number of anilines is 1. The average Bonchev–Trinajstić information content (AvgIpc) is 2.97. The molecule has 1 N–H and O–H groups in total. The van der Waals surface area contributed by atoms with E-state index >= 15 is 0 Å². The lowest BCUT2D eigenvalue weighted by Crippen LogP contribution is -2.38. The van der Waals surface area contributed by atoms with Gasteiger partial charge in [-0.2, -0.15) is 0 Å². The summed E-state index contributed by atoms with van der Waals surface area (Å²) in [5.74, 6) is 0.200. The minimum Gasteiger partial charge on any atom is -0.482 e. The van der Waals surface area contributed by atoms with Crippen LogP contribution in [0.15, 0.2) is 41.3 Å². The first-order chi connectivity index (χ1) is 13.4. The van der Waals surface area contributed by atoms with Crippen LogP contribution in [0.2, 0.25) is 10.0 Å². The predicted molar refractivity (Wildman–Crippen MR) is 116 cm³/mol. The molecule has 2 amide bonds. The van der Waals surface area contributed by atoms with E-state index in [2.05, 4.69) is 5.32 Å². The van der Waals surface area contributed by atoms with Gasteiger partial charge in [-0.05, 0) is 41.5 Å². The summed E-state index contributed by atoms with van der Waals surface area (Å²) in [6, 6.07) is 10.7. The number of thiocarbonyl (C=S) groups is 1. The molecule has 2 aliphatic rings. The number of hydrogen-bond acceptors (Lipinski definition) is 5. The van der Waals surface area contributed by atoms with Crippen molar-refractivity contribution in [1.29, 1.82) is 0 Å². The highest BCUT2D eigenvalue weighted by atomic mass is 35.5. The largest absolute Gasteiger partial charge is 0.482 e. The molecule has 1 fully saturated rings. The van der Waals surface area contributed by atoms with Crippen molar-refractivity contribution in [2.45, 2.75) is 6.54 Å². The van der Waals surface area contributed by atoms with Crippen LogP contribution in [0.5, 0.6) is 5.75 Å². The lowest BCUT2D eigenvalue weighted by Gasteiger charge is -2.30. The van der Waals surface area contributed by atoms with Crippen molar-refractivity contribution in [2.24, 2.45) is 0 Å². The van der Waals surface area contributed by atoms with E-state index in [1.54, 1.807) is 29.2 Å². The molecule has 2 aromatic rings. The summed E-state index contributed by atoms with van der Waals surface area (Å²) in [6.07, 6.45) is 1.73. The summed E-state index contributed by atoms with van der Waals surface area (Å²) in [5, 5.41) is 3.47. The standard InChI is InChI=1S/C19H12Cl2N2O3S2/c20-12-3-1-11(5-13(12)21)8-23-14-6-10(2-4-15(14)26-9-17(23)24)7-16-18(25)22-19(27)28-16/h1-7H,8-9H2,(H,22,25,27)/b16-7+. The molecular formula is C19H12Cl2N2O3S2. The quantitative estimate of drug-likeness (QED) is 0.554. The van der Waals surface area contributed by atoms with E-state index in [1.807, 2.05) is 18.2 Å². The van der Waals surface area contributed by atoms with Crippen LogP contribution < -0.4 is 15.0 Å². The van der Waals surface area contributed by atoms with Crippen molar-refractivity contribution in [3.63, 3.8) is 0 Å². The lowest BCUT2D eigenvalue weighted by molar-refractivity contribution is -0.121. The van der Waals surface area contributed by atoms with Gasteiger partial charge in [0.15, 0.2) is 6.61 Å². The summed E-state index contributed by atoms with van der Waals surface area (Å²) < 4.78 is 5.97. The smallest absolute Gasteiger partial charge is 0.265 e. The van der Waals surface area contributed by atoms with Crippen LogP contribution in [0.1, 0.15) is 11.1 Å². The van der Waals surface area contributed by atoms with Crippen LogP contribution in [0, 0.1) is 0 Å². The average molecular weight is 451 g/mol. The first kappa shape index (κ1) is 19.3. The molecule has 4 rings (SSSR count). The Hall–Kier alpha value is -2.06. The zero-order valence-corrected chi connectivity index (χ0v) is 17.3. The summed E-state index contributed by atoms with van der Waals surface area (Å²) in [6.45, 7) is 0.284. The third kappa shape index (κ3) is 3.89. The van der Waals surface area contributed by atoms with Gasteiger partial charge in [-0.25, -0.2) is 0 Å². The maximum absolute atomic E-state index is 12.5. The molecule has 9 heteroatoms. The summed E-state index contributed by atoms with van der Waals surface area (Å²) >= 11 is 18.3. The Bertz CT molecular complexity index is 1060. The molecule has 1 saturated heterocycles. The Kier molecular flexibility index (Phi) is 5.33. The van der Waals surface area contributed by atoms with E-state index in [-0.39, 0.29) is 18.4 Å². The molecule has 0 aliphatic carbocycles. The molecule has 2 heterocycles. The number of halogens is 2. The maximum atomic E-state index is 12.5. The summed E-state index contributed by atoms with van der Waals surface area (Å²) in [5.41, 5.74) is 2.23. The molecule has 28 heavy (non-hydrogen) atoms. The van der Waals surface area contributed by atoms with Crippen molar-refractivity contribution >= 4 is 75.1 Å². The second kappa shape index (κ2) is 7.75. The minimum atomic E-state index is -0.229. The second-order valence-electron chi connectivity index (χ2n) is 6.10. The van der Waals surface area contributed by atoms with Crippen molar-refractivity contribution in [3.05, 3.63) is 62.5 Å². The zero-order chi connectivity index (χ0) is 19.8.